The van der Waals surface area contributed by atoms with E-state index in [0.717, 1.165) is 27.6 Å². The van der Waals surface area contributed by atoms with Crippen LogP contribution >= 0.6 is 11.8 Å². The number of ether oxygens (including phenoxy) is 1. The first kappa shape index (κ1) is 37.3. The number of pyridine rings is 1. The third-order valence-electron chi connectivity index (χ3n) is 9.06. The number of nitrogens with one attached hydrogen (secondary N) is 3. The first-order valence-corrected chi connectivity index (χ1v) is 18.0. The molecule has 11 nitrogen and oxygen atoms in total. The normalized spacial score (nSPS) is 16.9. The third kappa shape index (κ3) is 9.44. The summed E-state index contributed by atoms with van der Waals surface area (Å²) in [7, 11) is 0. The van der Waals surface area contributed by atoms with Crippen LogP contribution < -0.4 is 20.7 Å². The van der Waals surface area contributed by atoms with Gasteiger partial charge >= 0.3 is 0 Å². The lowest BCUT2D eigenvalue weighted by atomic mass is 9.96. The highest BCUT2D eigenvalue weighted by atomic mass is 32.2. The molecule has 1 aliphatic heterocycles. The van der Waals surface area contributed by atoms with Crippen LogP contribution in [0.25, 0.3) is 10.9 Å². The highest BCUT2D eigenvalue weighted by Gasteiger charge is 2.49. The quantitative estimate of drug-likeness (QED) is 0.154. The van der Waals surface area contributed by atoms with Gasteiger partial charge in [-0.1, -0.05) is 67.6 Å². The maximum atomic E-state index is 14.0. The zero-order chi connectivity index (χ0) is 36.5. The summed E-state index contributed by atoms with van der Waals surface area (Å²) < 4.78 is 5.05. The van der Waals surface area contributed by atoms with Crippen LogP contribution in [0.3, 0.4) is 0 Å². The largest absolute Gasteiger partial charge is 0.484 e. The molecule has 0 spiro atoms. The Bertz CT molecular complexity index is 1850. The monoisotopic (exact) mass is 711 g/mol. The van der Waals surface area contributed by atoms with Gasteiger partial charge in [0.25, 0.3) is 11.8 Å². The fourth-order valence-corrected chi connectivity index (χ4v) is 7.26. The lowest BCUT2D eigenvalue weighted by Crippen LogP contribution is -2.60. The minimum Gasteiger partial charge on any atom is -0.484 e. The topological polar surface area (TPSA) is 150 Å². The summed E-state index contributed by atoms with van der Waals surface area (Å²) in [5.74, 6) is -1.37. The van der Waals surface area contributed by atoms with Crippen LogP contribution in [0.4, 0.5) is 0 Å². The molecule has 1 fully saturated rings. The number of aliphatic hydroxyl groups is 1. The van der Waals surface area contributed by atoms with Crippen LogP contribution in [0.5, 0.6) is 5.75 Å². The molecule has 1 saturated heterocycles. The molecule has 3 aromatic carbocycles. The van der Waals surface area contributed by atoms with E-state index in [4.69, 9.17) is 4.74 Å². The lowest BCUT2D eigenvalue weighted by molar-refractivity contribution is -0.148. The molecule has 0 saturated carbocycles. The van der Waals surface area contributed by atoms with Crippen LogP contribution in [0, 0.1) is 6.92 Å². The van der Waals surface area contributed by atoms with Crippen LogP contribution in [-0.4, -0.2) is 80.1 Å². The number of aromatic nitrogens is 1. The van der Waals surface area contributed by atoms with Crippen LogP contribution in [0.2, 0.25) is 0 Å². The van der Waals surface area contributed by atoms with Gasteiger partial charge in [-0.2, -0.15) is 0 Å². The molecule has 4 atom stereocenters. The Hall–Kier alpha value is -4.94. The predicted octanol–water partition coefficient (Wildman–Crippen LogP) is 3.90. The predicted molar refractivity (Wildman–Crippen MR) is 198 cm³/mol. The van der Waals surface area contributed by atoms with Crippen molar-refractivity contribution in [2.45, 2.75) is 76.1 Å². The number of fused-ring (bicyclic) bond motifs is 1. The minimum absolute atomic E-state index is 0.137. The standard InChI is InChI=1S/C39H45N5O6S/c1-5-30(42-33(45)23-50-29-17-18-31-27(21-29)16-11-19-40-31)36(47)43-32(20-26-13-7-6-8-14-26)34(46)38(49)44-24-51-39(3,4)35(44)37(48)41-22-28-15-10-9-12-25(28)2/h6-19,21,30,32,34-35,46H,5,20,22-24H2,1-4H3,(H,41,48)(H,42,45)(H,43,47)/t30?,32-,34-,35?/m0/s1. The van der Waals surface area contributed by atoms with Crippen molar-refractivity contribution in [3.8, 4) is 5.75 Å². The molecule has 1 aliphatic rings. The van der Waals surface area contributed by atoms with Crippen LogP contribution in [0.15, 0.2) is 91.1 Å². The number of rotatable bonds is 14. The smallest absolute Gasteiger partial charge is 0.258 e. The summed E-state index contributed by atoms with van der Waals surface area (Å²) in [5.41, 5.74) is 3.59. The fourth-order valence-electron chi connectivity index (χ4n) is 6.12. The Morgan fingerprint density at radius 1 is 1.00 bits per heavy atom. The average molecular weight is 712 g/mol. The molecule has 12 heteroatoms. The highest BCUT2D eigenvalue weighted by molar-refractivity contribution is 8.00. The molecule has 5 rings (SSSR count). The second kappa shape index (κ2) is 16.8. The van der Waals surface area contributed by atoms with Crippen molar-refractivity contribution in [1.82, 2.24) is 25.8 Å². The number of aryl methyl sites for hydroxylation is 1. The first-order chi connectivity index (χ1) is 24.5. The number of hydrogen-bond acceptors (Lipinski definition) is 8. The van der Waals surface area contributed by atoms with Crippen LogP contribution in [-0.2, 0) is 32.1 Å². The van der Waals surface area contributed by atoms with Crippen molar-refractivity contribution >= 4 is 46.3 Å². The molecule has 0 aliphatic carbocycles. The van der Waals surface area contributed by atoms with E-state index < -0.39 is 46.7 Å². The molecule has 4 amide bonds. The second-order valence-corrected chi connectivity index (χ2v) is 14.8. The minimum atomic E-state index is -1.67. The zero-order valence-electron chi connectivity index (χ0n) is 29.3. The summed E-state index contributed by atoms with van der Waals surface area (Å²) in [5, 5.41) is 21.0. The number of benzene rings is 3. The summed E-state index contributed by atoms with van der Waals surface area (Å²) in [6.07, 6.45) is 0.413. The third-order valence-corrected chi connectivity index (χ3v) is 10.4. The van der Waals surface area contributed by atoms with Crippen molar-refractivity contribution in [2.75, 3.05) is 12.5 Å². The van der Waals surface area contributed by atoms with Gasteiger partial charge in [0.1, 0.15) is 17.8 Å². The SMILES string of the molecule is CCC(NC(=O)COc1ccc2ncccc2c1)C(=O)N[C@@H](Cc1ccccc1)[C@H](O)C(=O)N1CSC(C)(C)C1C(=O)NCc1ccccc1C. The molecule has 0 bridgehead atoms. The maximum Gasteiger partial charge on any atom is 0.258 e. The van der Waals surface area contributed by atoms with Crippen molar-refractivity contribution in [3.05, 3.63) is 108 Å². The Labute approximate surface area is 302 Å². The van der Waals surface area contributed by atoms with E-state index in [0.29, 0.717) is 12.3 Å². The Kier molecular flexibility index (Phi) is 12.3. The van der Waals surface area contributed by atoms with Crippen molar-refractivity contribution in [1.29, 1.82) is 0 Å². The maximum absolute atomic E-state index is 14.0. The average Bonchev–Trinajstić information content (AvgIpc) is 3.46. The van der Waals surface area contributed by atoms with Crippen molar-refractivity contribution in [2.24, 2.45) is 0 Å². The molecule has 1 aromatic heterocycles. The fraction of sp³-hybridized carbons (Fsp3) is 0.359. The summed E-state index contributed by atoms with van der Waals surface area (Å²) in [6, 6.07) is 23.1. The second-order valence-electron chi connectivity index (χ2n) is 13.2. The Morgan fingerprint density at radius 3 is 2.49 bits per heavy atom. The van der Waals surface area contributed by atoms with Gasteiger partial charge in [0.2, 0.25) is 11.8 Å². The first-order valence-electron chi connectivity index (χ1n) is 17.0. The molecule has 2 heterocycles. The van der Waals surface area contributed by atoms with E-state index >= 15 is 0 Å². The van der Waals surface area contributed by atoms with Gasteiger partial charge in [-0.3, -0.25) is 24.2 Å². The number of carbonyl (C=O) groups excluding carboxylic acids is 4. The van der Waals surface area contributed by atoms with Gasteiger partial charge < -0.3 is 30.7 Å². The van der Waals surface area contributed by atoms with Crippen LogP contribution in [0.1, 0.15) is 43.9 Å². The van der Waals surface area contributed by atoms with Gasteiger partial charge in [-0.25, -0.2) is 0 Å². The van der Waals surface area contributed by atoms with Gasteiger partial charge in [0, 0.05) is 22.9 Å². The molecule has 268 valence electrons. The van der Waals surface area contributed by atoms with Gasteiger partial charge in [-0.05, 0) is 74.6 Å². The summed E-state index contributed by atoms with van der Waals surface area (Å²) in [4.78, 5) is 59.9. The molecular weight excluding hydrogens is 667 g/mol. The number of thioether (sulfide) groups is 1. The number of nitrogens with zero attached hydrogens (tertiary/aromatic N) is 2. The number of amides is 4. The van der Waals surface area contributed by atoms with Crippen molar-refractivity contribution in [3.63, 3.8) is 0 Å². The van der Waals surface area contributed by atoms with Crippen molar-refractivity contribution < 1.29 is 29.0 Å². The lowest BCUT2D eigenvalue weighted by Gasteiger charge is -2.33. The van der Waals surface area contributed by atoms with E-state index in [1.807, 2.05) is 87.5 Å². The zero-order valence-corrected chi connectivity index (χ0v) is 30.1. The Balaban J connectivity index is 1.26. The molecular formula is C39H45N5O6S. The number of aliphatic hydroxyl groups excluding tert-OH is 1. The van der Waals surface area contributed by atoms with Gasteiger partial charge in [0.05, 0.1) is 17.4 Å². The number of hydrogen-bond donors (Lipinski definition) is 4. The molecule has 4 N–H and O–H groups in total. The summed E-state index contributed by atoms with van der Waals surface area (Å²) >= 11 is 1.45. The van der Waals surface area contributed by atoms with Gasteiger partial charge in [-0.15, -0.1) is 11.8 Å². The molecule has 2 unspecified atom stereocenters. The molecule has 0 radical (unpaired) electrons. The van der Waals surface area contributed by atoms with E-state index in [1.54, 1.807) is 31.3 Å². The van der Waals surface area contributed by atoms with Gasteiger partial charge in [0.15, 0.2) is 12.7 Å². The summed E-state index contributed by atoms with van der Waals surface area (Å²) in [6.45, 7) is 7.49. The van der Waals surface area contributed by atoms with E-state index in [2.05, 4.69) is 20.9 Å². The highest BCUT2D eigenvalue weighted by Crippen LogP contribution is 2.40. The Morgan fingerprint density at radius 2 is 1.75 bits per heavy atom. The molecule has 51 heavy (non-hydrogen) atoms. The van der Waals surface area contributed by atoms with E-state index in [1.165, 1.54) is 16.7 Å². The van der Waals surface area contributed by atoms with E-state index in [9.17, 15) is 24.3 Å². The number of carbonyl (C=O) groups is 4. The van der Waals surface area contributed by atoms with E-state index in [-0.39, 0.29) is 31.2 Å². The molecule has 4 aromatic rings.